The molecular formula is C13H11Cl2N5OS. The van der Waals surface area contributed by atoms with Crippen molar-refractivity contribution < 1.29 is 4.52 Å². The molecule has 0 bridgehead atoms. The standard InChI is InChI=1S/C13H11Cl2N5OS/c1-7-4-9(21-19-7)6-22-13-18-17-12(20(13)16)10-3-2-8(14)5-11(10)15/h2-5H,6,16H2,1H3. The summed E-state index contributed by atoms with van der Waals surface area (Å²) >= 11 is 13.5. The quantitative estimate of drug-likeness (QED) is 0.569. The maximum Gasteiger partial charge on any atom is 0.210 e. The summed E-state index contributed by atoms with van der Waals surface area (Å²) in [7, 11) is 0. The molecule has 22 heavy (non-hydrogen) atoms. The van der Waals surface area contributed by atoms with Crippen molar-refractivity contribution in [1.82, 2.24) is 20.0 Å². The molecule has 0 aliphatic carbocycles. The molecule has 0 atom stereocenters. The first kappa shape index (κ1) is 15.2. The first-order valence-corrected chi connectivity index (χ1v) is 7.99. The van der Waals surface area contributed by atoms with Gasteiger partial charge in [-0.05, 0) is 25.1 Å². The zero-order chi connectivity index (χ0) is 15.7. The number of halogens is 2. The number of hydrogen-bond donors (Lipinski definition) is 1. The van der Waals surface area contributed by atoms with E-state index < -0.39 is 0 Å². The van der Waals surface area contributed by atoms with Crippen LogP contribution in [-0.4, -0.2) is 20.0 Å². The van der Waals surface area contributed by atoms with Crippen LogP contribution in [0.2, 0.25) is 10.0 Å². The van der Waals surface area contributed by atoms with E-state index >= 15 is 0 Å². The van der Waals surface area contributed by atoms with Gasteiger partial charge in [-0.2, -0.15) is 0 Å². The van der Waals surface area contributed by atoms with Crippen molar-refractivity contribution in [3.63, 3.8) is 0 Å². The van der Waals surface area contributed by atoms with Crippen molar-refractivity contribution in [1.29, 1.82) is 0 Å². The van der Waals surface area contributed by atoms with E-state index in [-0.39, 0.29) is 0 Å². The minimum atomic E-state index is 0.467. The predicted molar refractivity (Wildman–Crippen MR) is 86.4 cm³/mol. The van der Waals surface area contributed by atoms with E-state index in [2.05, 4.69) is 15.4 Å². The molecule has 2 aromatic heterocycles. The smallest absolute Gasteiger partial charge is 0.210 e. The monoisotopic (exact) mass is 355 g/mol. The fourth-order valence-electron chi connectivity index (χ4n) is 1.85. The molecule has 2 N–H and O–H groups in total. The Kier molecular flexibility index (Phi) is 4.28. The summed E-state index contributed by atoms with van der Waals surface area (Å²) in [6.07, 6.45) is 0. The number of hydrogen-bond acceptors (Lipinski definition) is 6. The average molecular weight is 356 g/mol. The van der Waals surface area contributed by atoms with Crippen molar-refractivity contribution in [2.45, 2.75) is 17.8 Å². The number of nitrogens with zero attached hydrogens (tertiary/aromatic N) is 4. The molecular weight excluding hydrogens is 345 g/mol. The second-order valence-electron chi connectivity index (χ2n) is 4.52. The molecule has 0 spiro atoms. The van der Waals surface area contributed by atoms with Crippen molar-refractivity contribution in [3.05, 3.63) is 45.8 Å². The van der Waals surface area contributed by atoms with Crippen molar-refractivity contribution in [2.75, 3.05) is 5.84 Å². The second kappa shape index (κ2) is 6.20. The summed E-state index contributed by atoms with van der Waals surface area (Å²) in [6, 6.07) is 6.98. The van der Waals surface area contributed by atoms with Crippen LogP contribution in [-0.2, 0) is 5.75 Å². The maximum atomic E-state index is 6.17. The van der Waals surface area contributed by atoms with E-state index in [1.54, 1.807) is 18.2 Å². The lowest BCUT2D eigenvalue weighted by Gasteiger charge is -2.05. The zero-order valence-electron chi connectivity index (χ0n) is 11.5. The molecule has 2 heterocycles. The van der Waals surface area contributed by atoms with E-state index in [9.17, 15) is 0 Å². The van der Waals surface area contributed by atoms with E-state index in [4.69, 9.17) is 33.6 Å². The van der Waals surface area contributed by atoms with Gasteiger partial charge in [-0.3, -0.25) is 0 Å². The van der Waals surface area contributed by atoms with Crippen LogP contribution in [0.3, 0.4) is 0 Å². The van der Waals surface area contributed by atoms with Crippen LogP contribution in [0.1, 0.15) is 11.5 Å². The van der Waals surface area contributed by atoms with Crippen LogP contribution in [0.4, 0.5) is 0 Å². The SMILES string of the molecule is Cc1cc(CSc2nnc(-c3ccc(Cl)cc3Cl)n2N)on1. The van der Waals surface area contributed by atoms with Gasteiger partial charge in [0.2, 0.25) is 5.16 Å². The zero-order valence-corrected chi connectivity index (χ0v) is 13.8. The first-order chi connectivity index (χ1) is 10.5. The van der Waals surface area contributed by atoms with Gasteiger partial charge in [0.05, 0.1) is 16.5 Å². The Labute approximate surface area is 140 Å². The molecule has 0 fully saturated rings. The van der Waals surface area contributed by atoms with E-state index in [0.29, 0.717) is 32.3 Å². The molecule has 3 aromatic rings. The van der Waals surface area contributed by atoms with Gasteiger partial charge >= 0.3 is 0 Å². The Balaban J connectivity index is 1.82. The molecule has 0 saturated carbocycles. The maximum absolute atomic E-state index is 6.17. The Morgan fingerprint density at radius 1 is 1.27 bits per heavy atom. The van der Waals surface area contributed by atoms with Crippen LogP contribution in [0.5, 0.6) is 0 Å². The average Bonchev–Trinajstić information content (AvgIpc) is 3.04. The van der Waals surface area contributed by atoms with Crippen molar-refractivity contribution >= 4 is 35.0 Å². The normalized spacial score (nSPS) is 11.0. The van der Waals surface area contributed by atoms with Gasteiger partial charge < -0.3 is 10.4 Å². The summed E-state index contributed by atoms with van der Waals surface area (Å²) < 4.78 is 6.54. The van der Waals surface area contributed by atoms with Gasteiger partial charge in [-0.25, -0.2) is 4.68 Å². The summed E-state index contributed by atoms with van der Waals surface area (Å²) in [5.41, 5.74) is 1.50. The van der Waals surface area contributed by atoms with Crippen LogP contribution in [0.25, 0.3) is 11.4 Å². The van der Waals surface area contributed by atoms with Crippen LogP contribution < -0.4 is 5.84 Å². The molecule has 3 rings (SSSR count). The van der Waals surface area contributed by atoms with Crippen LogP contribution >= 0.6 is 35.0 Å². The third kappa shape index (κ3) is 3.06. The minimum absolute atomic E-state index is 0.467. The Morgan fingerprint density at radius 3 is 2.77 bits per heavy atom. The molecule has 0 radical (unpaired) electrons. The Bertz CT molecular complexity index is 817. The number of nitrogen functional groups attached to an aromatic ring is 1. The third-order valence-corrected chi connectivity index (χ3v) is 4.37. The van der Waals surface area contributed by atoms with Gasteiger partial charge in [0.15, 0.2) is 5.82 Å². The topological polar surface area (TPSA) is 82.8 Å². The fourth-order valence-corrected chi connectivity index (χ4v) is 3.07. The van der Waals surface area contributed by atoms with Gasteiger partial charge in [0.25, 0.3) is 0 Å². The third-order valence-electron chi connectivity index (χ3n) is 2.86. The molecule has 0 unspecified atom stereocenters. The van der Waals surface area contributed by atoms with Crippen molar-refractivity contribution in [3.8, 4) is 11.4 Å². The Hall–Kier alpha value is -1.70. The molecule has 0 amide bonds. The van der Waals surface area contributed by atoms with Gasteiger partial charge in [0.1, 0.15) is 5.76 Å². The lowest BCUT2D eigenvalue weighted by Crippen LogP contribution is -2.11. The highest BCUT2D eigenvalue weighted by atomic mass is 35.5. The summed E-state index contributed by atoms with van der Waals surface area (Å²) in [4.78, 5) is 0. The summed E-state index contributed by atoms with van der Waals surface area (Å²) in [5.74, 6) is 7.82. The number of nitrogens with two attached hydrogens (primary N) is 1. The highest BCUT2D eigenvalue weighted by Crippen LogP contribution is 2.30. The van der Waals surface area contributed by atoms with Gasteiger partial charge in [-0.15, -0.1) is 10.2 Å². The lowest BCUT2D eigenvalue weighted by atomic mass is 10.2. The molecule has 114 valence electrons. The number of rotatable bonds is 4. The number of aryl methyl sites for hydroxylation is 1. The second-order valence-corrected chi connectivity index (χ2v) is 6.31. The molecule has 9 heteroatoms. The number of benzene rings is 1. The predicted octanol–water partition coefficient (Wildman–Crippen LogP) is 3.55. The molecule has 6 nitrogen and oxygen atoms in total. The minimum Gasteiger partial charge on any atom is -0.360 e. The molecule has 0 saturated heterocycles. The van der Waals surface area contributed by atoms with Crippen LogP contribution in [0, 0.1) is 6.92 Å². The molecule has 0 aliphatic rings. The Morgan fingerprint density at radius 2 is 2.09 bits per heavy atom. The largest absolute Gasteiger partial charge is 0.360 e. The fraction of sp³-hybridized carbons (Fsp3) is 0.154. The molecule has 1 aromatic carbocycles. The van der Waals surface area contributed by atoms with Gasteiger partial charge in [-0.1, -0.05) is 40.1 Å². The van der Waals surface area contributed by atoms with E-state index in [0.717, 1.165) is 11.5 Å². The van der Waals surface area contributed by atoms with E-state index in [1.807, 2.05) is 13.0 Å². The lowest BCUT2D eigenvalue weighted by molar-refractivity contribution is 0.391. The van der Waals surface area contributed by atoms with Crippen molar-refractivity contribution in [2.24, 2.45) is 0 Å². The number of aromatic nitrogens is 4. The summed E-state index contributed by atoms with van der Waals surface area (Å²) in [6.45, 7) is 1.86. The molecule has 0 aliphatic heterocycles. The first-order valence-electron chi connectivity index (χ1n) is 6.25. The highest BCUT2D eigenvalue weighted by Gasteiger charge is 2.15. The van der Waals surface area contributed by atoms with E-state index in [1.165, 1.54) is 16.4 Å². The highest BCUT2D eigenvalue weighted by molar-refractivity contribution is 7.98. The summed E-state index contributed by atoms with van der Waals surface area (Å²) in [5, 5.41) is 13.6. The van der Waals surface area contributed by atoms with Crippen LogP contribution in [0.15, 0.2) is 33.9 Å². The number of thioether (sulfide) groups is 1. The van der Waals surface area contributed by atoms with Gasteiger partial charge in [0, 0.05) is 16.7 Å².